The van der Waals surface area contributed by atoms with Crippen LogP contribution in [-0.4, -0.2) is 44.5 Å². The Hall–Kier alpha value is -3.35. The van der Waals surface area contributed by atoms with Gasteiger partial charge in [0.1, 0.15) is 17.1 Å². The van der Waals surface area contributed by atoms with Crippen LogP contribution in [0.3, 0.4) is 0 Å². The Balaban J connectivity index is 1.50. The van der Waals surface area contributed by atoms with Crippen molar-refractivity contribution in [3.05, 3.63) is 95.6 Å². The van der Waals surface area contributed by atoms with Crippen LogP contribution in [0, 0.1) is 0 Å². The van der Waals surface area contributed by atoms with Crippen molar-refractivity contribution in [2.45, 2.75) is 109 Å². The van der Waals surface area contributed by atoms with E-state index in [2.05, 4.69) is 12.2 Å². The molecule has 1 atom stereocenters. The van der Waals surface area contributed by atoms with E-state index in [1.54, 1.807) is 14.2 Å². The minimum atomic E-state index is -1.01. The predicted molar refractivity (Wildman–Crippen MR) is 188 cm³/mol. The Morgan fingerprint density at radius 2 is 1.09 bits per heavy atom. The molecule has 0 aliphatic carbocycles. The van der Waals surface area contributed by atoms with Crippen LogP contribution in [0.25, 0.3) is 0 Å². The van der Waals surface area contributed by atoms with Gasteiger partial charge in [0, 0.05) is 13.0 Å². The monoisotopic (exact) mass is 631 g/mol. The van der Waals surface area contributed by atoms with E-state index >= 15 is 0 Å². The third kappa shape index (κ3) is 12.1. The molecule has 1 unspecified atom stereocenters. The van der Waals surface area contributed by atoms with Crippen LogP contribution in [0.4, 0.5) is 0 Å². The Morgan fingerprint density at radius 3 is 1.54 bits per heavy atom. The average molecular weight is 632 g/mol. The molecule has 0 aliphatic rings. The highest BCUT2D eigenvalue weighted by molar-refractivity contribution is 5.75. The van der Waals surface area contributed by atoms with Gasteiger partial charge in [0.15, 0.2) is 0 Å². The highest BCUT2D eigenvalue weighted by Crippen LogP contribution is 2.41. The third-order valence-electron chi connectivity index (χ3n) is 8.71. The van der Waals surface area contributed by atoms with Crippen LogP contribution >= 0.6 is 0 Å². The molecule has 6 heteroatoms. The molecule has 3 aromatic rings. The highest BCUT2D eigenvalue weighted by Gasteiger charge is 2.38. The molecule has 2 N–H and O–H groups in total. The molecule has 0 bridgehead atoms. The number of methoxy groups -OCH3 is 2. The molecular weight excluding hydrogens is 574 g/mol. The smallest absolute Gasteiger partial charge is 0.220 e. The van der Waals surface area contributed by atoms with E-state index in [4.69, 9.17) is 14.2 Å². The summed E-state index contributed by atoms with van der Waals surface area (Å²) in [5, 5.41) is 13.9. The van der Waals surface area contributed by atoms with Crippen molar-refractivity contribution in [3.63, 3.8) is 0 Å². The first-order valence-electron chi connectivity index (χ1n) is 17.5. The number of nitrogens with one attached hydrogen (secondary N) is 1. The van der Waals surface area contributed by atoms with Gasteiger partial charge in [0.05, 0.1) is 26.9 Å². The summed E-state index contributed by atoms with van der Waals surface area (Å²) in [6.45, 7) is 2.42. The van der Waals surface area contributed by atoms with E-state index < -0.39 is 11.7 Å². The molecule has 0 fully saturated rings. The number of benzene rings is 3. The Labute approximate surface area is 277 Å². The lowest BCUT2D eigenvalue weighted by Gasteiger charge is -2.36. The quantitative estimate of drug-likeness (QED) is 0.0762. The van der Waals surface area contributed by atoms with Gasteiger partial charge in [-0.15, -0.1) is 0 Å². The van der Waals surface area contributed by atoms with Gasteiger partial charge in [-0.1, -0.05) is 139 Å². The molecule has 3 aromatic carbocycles. The molecule has 252 valence electrons. The van der Waals surface area contributed by atoms with Crippen molar-refractivity contribution in [2.24, 2.45) is 0 Å². The van der Waals surface area contributed by atoms with Crippen LogP contribution in [0.1, 0.15) is 114 Å². The van der Waals surface area contributed by atoms with Crippen molar-refractivity contribution in [2.75, 3.05) is 27.4 Å². The number of hydrogen-bond donors (Lipinski definition) is 2. The van der Waals surface area contributed by atoms with Gasteiger partial charge in [0.2, 0.25) is 5.91 Å². The number of ether oxygens (including phenoxy) is 3. The number of carbonyl (C=O) groups is 1. The standard InChI is InChI=1S/C40H57NO5/c1-4-5-6-7-8-9-10-11-12-13-14-15-19-22-39(43)41-31-36(42)32-46-40(33-20-17-16-18-21-33,34-23-27-37(44-2)28-24-34)35-25-29-38(45-3)30-26-35/h16-18,20-21,23-30,36,42H,4-15,19,22,31-32H2,1-3H3,(H,41,43). The molecular formula is C40H57NO5. The normalized spacial score (nSPS) is 12.1. The summed E-state index contributed by atoms with van der Waals surface area (Å²) >= 11 is 0. The van der Waals surface area contributed by atoms with Crippen molar-refractivity contribution < 1.29 is 24.1 Å². The van der Waals surface area contributed by atoms with Crippen molar-refractivity contribution in [3.8, 4) is 11.5 Å². The molecule has 0 saturated carbocycles. The SMILES string of the molecule is CCCCCCCCCCCCCCCC(=O)NCC(O)COC(c1ccccc1)(c1ccc(OC)cc1)c1ccc(OC)cc1. The van der Waals surface area contributed by atoms with E-state index in [-0.39, 0.29) is 19.1 Å². The lowest BCUT2D eigenvalue weighted by atomic mass is 9.80. The summed E-state index contributed by atoms with van der Waals surface area (Å²) in [4.78, 5) is 12.5. The zero-order valence-corrected chi connectivity index (χ0v) is 28.5. The maximum atomic E-state index is 12.5. The molecule has 0 heterocycles. The summed E-state index contributed by atoms with van der Waals surface area (Å²) in [5.74, 6) is 1.46. The predicted octanol–water partition coefficient (Wildman–Crippen LogP) is 8.97. The summed E-state index contributed by atoms with van der Waals surface area (Å²) in [5.41, 5.74) is 1.69. The molecule has 0 aromatic heterocycles. The zero-order valence-electron chi connectivity index (χ0n) is 28.5. The Morgan fingerprint density at radius 1 is 0.652 bits per heavy atom. The van der Waals surface area contributed by atoms with Crippen LogP contribution in [0.5, 0.6) is 11.5 Å². The second-order valence-corrected chi connectivity index (χ2v) is 12.3. The molecule has 0 radical (unpaired) electrons. The minimum absolute atomic E-state index is 0.0198. The Kier molecular flexibility index (Phi) is 17.3. The third-order valence-corrected chi connectivity index (χ3v) is 8.71. The van der Waals surface area contributed by atoms with Crippen LogP contribution in [0.15, 0.2) is 78.9 Å². The van der Waals surface area contributed by atoms with Gasteiger partial charge >= 0.3 is 0 Å². The van der Waals surface area contributed by atoms with Gasteiger partial charge in [-0.3, -0.25) is 4.79 Å². The number of unbranched alkanes of at least 4 members (excludes halogenated alkanes) is 12. The van der Waals surface area contributed by atoms with Gasteiger partial charge in [-0.25, -0.2) is 0 Å². The lowest BCUT2D eigenvalue weighted by Crippen LogP contribution is -2.39. The molecule has 6 nitrogen and oxygen atoms in total. The van der Waals surface area contributed by atoms with E-state index in [0.717, 1.165) is 41.0 Å². The number of hydrogen-bond acceptors (Lipinski definition) is 5. The van der Waals surface area contributed by atoms with Crippen molar-refractivity contribution in [1.82, 2.24) is 5.32 Å². The van der Waals surface area contributed by atoms with Gasteiger partial charge in [0.25, 0.3) is 0 Å². The summed E-state index contributed by atoms with van der Waals surface area (Å²) in [7, 11) is 3.28. The van der Waals surface area contributed by atoms with Gasteiger partial charge in [-0.05, 0) is 47.4 Å². The molecule has 3 rings (SSSR count). The second kappa shape index (κ2) is 21.4. The molecule has 46 heavy (non-hydrogen) atoms. The number of aliphatic hydroxyl groups excluding tert-OH is 1. The molecule has 0 saturated heterocycles. The summed E-state index contributed by atoms with van der Waals surface area (Å²) in [6.07, 6.45) is 16.2. The van der Waals surface area contributed by atoms with E-state index in [1.807, 2.05) is 78.9 Å². The average Bonchev–Trinajstić information content (AvgIpc) is 3.10. The van der Waals surface area contributed by atoms with Crippen LogP contribution < -0.4 is 14.8 Å². The topological polar surface area (TPSA) is 77.0 Å². The number of aliphatic hydroxyl groups is 1. The van der Waals surface area contributed by atoms with Crippen LogP contribution in [0.2, 0.25) is 0 Å². The first-order chi connectivity index (χ1) is 22.5. The molecule has 1 amide bonds. The summed E-state index contributed by atoms with van der Waals surface area (Å²) < 4.78 is 17.6. The largest absolute Gasteiger partial charge is 0.497 e. The maximum Gasteiger partial charge on any atom is 0.220 e. The highest BCUT2D eigenvalue weighted by atomic mass is 16.5. The van der Waals surface area contributed by atoms with Gasteiger partial charge < -0.3 is 24.6 Å². The fraction of sp³-hybridized carbons (Fsp3) is 0.525. The van der Waals surface area contributed by atoms with Crippen molar-refractivity contribution >= 4 is 5.91 Å². The Bertz CT molecular complexity index is 1170. The second-order valence-electron chi connectivity index (χ2n) is 12.3. The van der Waals surface area contributed by atoms with Crippen molar-refractivity contribution in [1.29, 1.82) is 0 Å². The minimum Gasteiger partial charge on any atom is -0.497 e. The van der Waals surface area contributed by atoms with E-state index in [9.17, 15) is 9.90 Å². The van der Waals surface area contributed by atoms with E-state index in [0.29, 0.717) is 6.42 Å². The maximum absolute atomic E-state index is 12.5. The zero-order chi connectivity index (χ0) is 32.9. The fourth-order valence-corrected chi connectivity index (χ4v) is 5.98. The first-order valence-corrected chi connectivity index (χ1v) is 17.5. The summed E-state index contributed by atoms with van der Waals surface area (Å²) in [6, 6.07) is 25.6. The number of carbonyl (C=O) groups excluding carboxylic acids is 1. The lowest BCUT2D eigenvalue weighted by molar-refractivity contribution is -0.122. The number of rotatable bonds is 24. The molecule has 0 aliphatic heterocycles. The fourth-order valence-electron chi connectivity index (χ4n) is 5.98. The first kappa shape index (κ1) is 37.1. The number of amides is 1. The van der Waals surface area contributed by atoms with Crippen LogP contribution in [-0.2, 0) is 15.1 Å². The molecule has 0 spiro atoms. The van der Waals surface area contributed by atoms with Gasteiger partial charge in [-0.2, -0.15) is 0 Å². The van der Waals surface area contributed by atoms with E-state index in [1.165, 1.54) is 70.6 Å².